The Morgan fingerprint density at radius 2 is 2.05 bits per heavy atom. The maximum atomic E-state index is 13.1. The van der Waals surface area contributed by atoms with E-state index in [-0.39, 0.29) is 17.0 Å². The summed E-state index contributed by atoms with van der Waals surface area (Å²) in [7, 11) is -2.25. The lowest BCUT2D eigenvalue weighted by Crippen LogP contribution is -2.18. The third kappa shape index (κ3) is 3.90. The van der Waals surface area contributed by atoms with Crippen LogP contribution in [0.3, 0.4) is 0 Å². The van der Waals surface area contributed by atoms with E-state index < -0.39 is 10.0 Å². The summed E-state index contributed by atoms with van der Waals surface area (Å²) in [4.78, 5) is 0. The highest BCUT2D eigenvalue weighted by atomic mass is 32.2. The predicted octanol–water partition coefficient (Wildman–Crippen LogP) is 2.18. The number of hydrogen-bond acceptors (Lipinski definition) is 4. The van der Waals surface area contributed by atoms with Crippen molar-refractivity contribution in [1.82, 2.24) is 10.0 Å². The first kappa shape index (κ1) is 15.7. The van der Waals surface area contributed by atoms with Gasteiger partial charge in [0.25, 0.3) is 10.0 Å². The van der Waals surface area contributed by atoms with Gasteiger partial charge in [0, 0.05) is 6.04 Å². The zero-order valence-corrected chi connectivity index (χ0v) is 12.6. The van der Waals surface area contributed by atoms with Gasteiger partial charge in [0.2, 0.25) is 5.09 Å². The van der Waals surface area contributed by atoms with Crippen LogP contribution in [0, 0.1) is 5.82 Å². The van der Waals surface area contributed by atoms with Crippen molar-refractivity contribution in [2.45, 2.75) is 24.6 Å². The molecule has 0 spiro atoms. The summed E-state index contributed by atoms with van der Waals surface area (Å²) in [5.74, 6) is 0.202. The normalized spacial score (nSPS) is 13.3. The fourth-order valence-corrected chi connectivity index (χ4v) is 2.51. The quantitative estimate of drug-likeness (QED) is 0.857. The second-order valence-electron chi connectivity index (χ2n) is 4.59. The molecule has 0 amide bonds. The molecule has 1 aromatic heterocycles. The highest BCUT2D eigenvalue weighted by Gasteiger charge is 2.16. The van der Waals surface area contributed by atoms with Crippen molar-refractivity contribution in [3.8, 4) is 0 Å². The zero-order valence-electron chi connectivity index (χ0n) is 11.8. The van der Waals surface area contributed by atoms with E-state index in [0.717, 1.165) is 5.56 Å². The molecule has 0 aliphatic rings. The van der Waals surface area contributed by atoms with Crippen LogP contribution in [0.25, 0.3) is 0 Å². The minimum Gasteiger partial charge on any atom is -0.447 e. The van der Waals surface area contributed by atoms with Gasteiger partial charge in [-0.15, -0.1) is 0 Å². The molecular weight excluding hydrogens is 295 g/mol. The van der Waals surface area contributed by atoms with Gasteiger partial charge in [0.15, 0.2) is 0 Å². The van der Waals surface area contributed by atoms with Crippen molar-refractivity contribution in [3.63, 3.8) is 0 Å². The van der Waals surface area contributed by atoms with E-state index in [2.05, 4.69) is 10.0 Å². The average Bonchev–Trinajstić information content (AvgIpc) is 2.94. The Labute approximate surface area is 123 Å². The Kier molecular flexibility index (Phi) is 4.76. The highest BCUT2D eigenvalue weighted by molar-refractivity contribution is 7.89. The van der Waals surface area contributed by atoms with Crippen molar-refractivity contribution in [2.75, 3.05) is 7.05 Å². The number of sulfonamides is 1. The van der Waals surface area contributed by atoms with Crippen molar-refractivity contribution in [1.29, 1.82) is 0 Å². The molecule has 2 aromatic rings. The monoisotopic (exact) mass is 312 g/mol. The second-order valence-corrected chi connectivity index (χ2v) is 6.40. The van der Waals surface area contributed by atoms with E-state index in [0.29, 0.717) is 12.3 Å². The molecule has 0 bridgehead atoms. The fourth-order valence-electron chi connectivity index (χ4n) is 1.85. The van der Waals surface area contributed by atoms with E-state index in [1.54, 1.807) is 12.1 Å². The molecule has 0 aliphatic carbocycles. The highest BCUT2D eigenvalue weighted by Crippen LogP contribution is 2.16. The molecule has 0 fully saturated rings. The second kappa shape index (κ2) is 6.38. The summed E-state index contributed by atoms with van der Waals surface area (Å²) >= 11 is 0. The number of halogens is 1. The molecule has 2 rings (SSSR count). The maximum Gasteiger partial charge on any atom is 0.273 e. The standard InChI is InChI=1S/C14H17FN2O3S/c1-10(11-4-3-5-12(15)8-11)17-9-13-6-7-14(20-13)21(18,19)16-2/h3-8,10,16-17H,9H2,1-2H3/t10-/m1/s1. The first-order chi connectivity index (χ1) is 9.92. The third-order valence-corrected chi connectivity index (χ3v) is 4.39. The summed E-state index contributed by atoms with van der Waals surface area (Å²) < 4.78 is 43.7. The molecule has 1 atom stereocenters. The zero-order chi connectivity index (χ0) is 15.5. The molecule has 7 heteroatoms. The molecular formula is C14H17FN2O3S. The molecule has 0 unspecified atom stereocenters. The topological polar surface area (TPSA) is 71.3 Å². The Bertz CT molecular complexity index is 713. The summed E-state index contributed by atoms with van der Waals surface area (Å²) in [5, 5.41) is 3.02. The molecule has 21 heavy (non-hydrogen) atoms. The lowest BCUT2D eigenvalue weighted by atomic mass is 10.1. The van der Waals surface area contributed by atoms with Crippen LogP contribution in [-0.2, 0) is 16.6 Å². The fraction of sp³-hybridized carbons (Fsp3) is 0.286. The Balaban J connectivity index is 2.00. The largest absolute Gasteiger partial charge is 0.447 e. The van der Waals surface area contributed by atoms with Crippen LogP contribution < -0.4 is 10.0 Å². The van der Waals surface area contributed by atoms with Gasteiger partial charge in [-0.05, 0) is 43.8 Å². The summed E-state index contributed by atoms with van der Waals surface area (Å²) in [6.45, 7) is 2.24. The van der Waals surface area contributed by atoms with E-state index >= 15 is 0 Å². The van der Waals surface area contributed by atoms with E-state index in [4.69, 9.17) is 4.42 Å². The molecule has 0 aliphatic heterocycles. The van der Waals surface area contributed by atoms with E-state index in [1.807, 2.05) is 13.0 Å². The summed E-state index contributed by atoms with van der Waals surface area (Å²) in [5.41, 5.74) is 0.810. The van der Waals surface area contributed by atoms with Crippen LogP contribution >= 0.6 is 0 Å². The first-order valence-electron chi connectivity index (χ1n) is 6.43. The first-order valence-corrected chi connectivity index (χ1v) is 7.92. The average molecular weight is 312 g/mol. The molecule has 0 saturated carbocycles. The van der Waals surface area contributed by atoms with Crippen LogP contribution in [-0.4, -0.2) is 15.5 Å². The van der Waals surface area contributed by atoms with Crippen molar-refractivity contribution >= 4 is 10.0 Å². The molecule has 0 saturated heterocycles. The van der Waals surface area contributed by atoms with Crippen LogP contribution in [0.4, 0.5) is 4.39 Å². The van der Waals surface area contributed by atoms with Gasteiger partial charge in [-0.3, -0.25) is 0 Å². The molecule has 1 aromatic carbocycles. The van der Waals surface area contributed by atoms with Gasteiger partial charge < -0.3 is 9.73 Å². The van der Waals surface area contributed by atoms with Crippen molar-refractivity contribution in [3.05, 3.63) is 53.5 Å². The van der Waals surface area contributed by atoms with Gasteiger partial charge in [0.1, 0.15) is 11.6 Å². The molecule has 1 heterocycles. The van der Waals surface area contributed by atoms with Crippen LogP contribution in [0.15, 0.2) is 45.9 Å². The molecule has 114 valence electrons. The van der Waals surface area contributed by atoms with Gasteiger partial charge in [-0.2, -0.15) is 0 Å². The Morgan fingerprint density at radius 3 is 2.71 bits per heavy atom. The minimum absolute atomic E-state index is 0.0878. The van der Waals surface area contributed by atoms with Gasteiger partial charge in [-0.25, -0.2) is 17.5 Å². The van der Waals surface area contributed by atoms with Crippen molar-refractivity contribution in [2.24, 2.45) is 0 Å². The predicted molar refractivity (Wildman–Crippen MR) is 76.6 cm³/mol. The molecule has 0 radical (unpaired) electrons. The third-order valence-electron chi connectivity index (χ3n) is 3.10. The lowest BCUT2D eigenvalue weighted by Gasteiger charge is -2.13. The van der Waals surface area contributed by atoms with Crippen LogP contribution in [0.1, 0.15) is 24.3 Å². The van der Waals surface area contributed by atoms with Crippen molar-refractivity contribution < 1.29 is 17.2 Å². The summed E-state index contributed by atoms with van der Waals surface area (Å²) in [6.07, 6.45) is 0. The van der Waals surface area contributed by atoms with Gasteiger partial charge >= 0.3 is 0 Å². The number of rotatable bonds is 6. The molecule has 5 nitrogen and oxygen atoms in total. The van der Waals surface area contributed by atoms with Crippen LogP contribution in [0.2, 0.25) is 0 Å². The summed E-state index contributed by atoms with van der Waals surface area (Å²) in [6, 6.07) is 9.21. The maximum absolute atomic E-state index is 13.1. The Morgan fingerprint density at radius 1 is 1.29 bits per heavy atom. The minimum atomic E-state index is -3.57. The van der Waals surface area contributed by atoms with Gasteiger partial charge in [0.05, 0.1) is 6.54 Å². The Hall–Kier alpha value is -1.70. The smallest absolute Gasteiger partial charge is 0.273 e. The van der Waals surface area contributed by atoms with Crippen LogP contribution in [0.5, 0.6) is 0 Å². The van der Waals surface area contributed by atoms with E-state index in [9.17, 15) is 12.8 Å². The van der Waals surface area contributed by atoms with E-state index in [1.165, 1.54) is 25.2 Å². The number of furan rings is 1. The number of hydrogen-bond donors (Lipinski definition) is 2. The van der Waals surface area contributed by atoms with Gasteiger partial charge in [-0.1, -0.05) is 12.1 Å². The number of nitrogens with one attached hydrogen (secondary N) is 2. The lowest BCUT2D eigenvalue weighted by molar-refractivity contribution is 0.392. The SMILES string of the molecule is CNS(=O)(=O)c1ccc(CN[C@H](C)c2cccc(F)c2)o1. The molecule has 2 N–H and O–H groups in total. The number of benzene rings is 1.